The highest BCUT2D eigenvalue weighted by atomic mass is 16.1. The third-order valence-corrected chi connectivity index (χ3v) is 4.21. The van der Waals surface area contributed by atoms with Gasteiger partial charge in [0, 0.05) is 45.1 Å². The van der Waals surface area contributed by atoms with Crippen molar-refractivity contribution < 1.29 is 0 Å². The maximum Gasteiger partial charge on any atom is 0.293 e. The molecular formula is C12H18N4O. The van der Waals surface area contributed by atoms with Crippen LogP contribution in [0, 0.1) is 11.8 Å². The van der Waals surface area contributed by atoms with Gasteiger partial charge in [-0.2, -0.15) is 0 Å². The molecule has 1 aromatic heterocycles. The number of hydrogen-bond donors (Lipinski definition) is 1. The Balaban J connectivity index is 1.95. The normalized spacial score (nSPS) is 31.9. The molecule has 0 aromatic carbocycles. The molecule has 5 nitrogen and oxygen atoms in total. The minimum Gasteiger partial charge on any atom is -0.349 e. The second kappa shape index (κ2) is 3.84. The number of hydrogen-bond acceptors (Lipinski definition) is 4. The predicted octanol–water partition coefficient (Wildman–Crippen LogP) is -0.176. The summed E-state index contributed by atoms with van der Waals surface area (Å²) in [7, 11) is 1.77. The summed E-state index contributed by atoms with van der Waals surface area (Å²) in [5.41, 5.74) is 0.00674. The summed E-state index contributed by atoms with van der Waals surface area (Å²) >= 11 is 0. The first-order valence-electron chi connectivity index (χ1n) is 6.17. The molecule has 3 unspecified atom stereocenters. The molecular weight excluding hydrogens is 216 g/mol. The van der Waals surface area contributed by atoms with E-state index in [-0.39, 0.29) is 5.56 Å². The van der Waals surface area contributed by atoms with Crippen LogP contribution in [0.15, 0.2) is 17.2 Å². The van der Waals surface area contributed by atoms with Crippen molar-refractivity contribution in [2.45, 2.75) is 13.0 Å². The van der Waals surface area contributed by atoms with Gasteiger partial charge in [-0.3, -0.25) is 4.79 Å². The molecule has 5 heteroatoms. The van der Waals surface area contributed by atoms with Gasteiger partial charge in [-0.1, -0.05) is 0 Å². The highest BCUT2D eigenvalue weighted by Gasteiger charge is 2.42. The third kappa shape index (κ3) is 1.57. The van der Waals surface area contributed by atoms with Crippen LogP contribution in [0.5, 0.6) is 0 Å². The van der Waals surface area contributed by atoms with Gasteiger partial charge in [0.1, 0.15) is 0 Å². The second-order valence-corrected chi connectivity index (χ2v) is 5.14. The average molecular weight is 234 g/mol. The number of anilines is 1. The van der Waals surface area contributed by atoms with Crippen LogP contribution >= 0.6 is 0 Å². The van der Waals surface area contributed by atoms with Crippen LogP contribution in [-0.2, 0) is 7.05 Å². The summed E-state index contributed by atoms with van der Waals surface area (Å²) in [5, 5.41) is 3.42. The zero-order chi connectivity index (χ0) is 12.0. The molecule has 0 saturated carbocycles. The molecule has 3 rings (SSSR count). The highest BCUT2D eigenvalue weighted by molar-refractivity contribution is 5.40. The van der Waals surface area contributed by atoms with E-state index in [4.69, 9.17) is 0 Å². The summed E-state index contributed by atoms with van der Waals surface area (Å²) in [6.07, 6.45) is 3.41. The van der Waals surface area contributed by atoms with E-state index in [1.165, 1.54) is 0 Å². The fourth-order valence-electron chi connectivity index (χ4n) is 3.13. The molecule has 0 spiro atoms. The van der Waals surface area contributed by atoms with Crippen molar-refractivity contribution >= 4 is 5.82 Å². The van der Waals surface area contributed by atoms with Gasteiger partial charge < -0.3 is 14.8 Å². The molecule has 2 saturated heterocycles. The lowest BCUT2D eigenvalue weighted by atomic mass is 9.95. The van der Waals surface area contributed by atoms with Crippen LogP contribution < -0.4 is 15.8 Å². The molecule has 0 aliphatic carbocycles. The molecule has 3 atom stereocenters. The Morgan fingerprint density at radius 3 is 3.06 bits per heavy atom. The van der Waals surface area contributed by atoms with Crippen molar-refractivity contribution in [3.63, 3.8) is 0 Å². The van der Waals surface area contributed by atoms with E-state index in [0.717, 1.165) is 19.6 Å². The number of nitrogens with one attached hydrogen (secondary N) is 1. The zero-order valence-corrected chi connectivity index (χ0v) is 10.3. The first-order valence-corrected chi connectivity index (χ1v) is 6.17. The van der Waals surface area contributed by atoms with E-state index in [2.05, 4.69) is 22.1 Å². The van der Waals surface area contributed by atoms with Crippen LogP contribution in [0.1, 0.15) is 6.92 Å². The first-order chi connectivity index (χ1) is 8.18. The first kappa shape index (κ1) is 10.8. The molecule has 0 radical (unpaired) electrons. The molecule has 0 amide bonds. The number of rotatable bonds is 1. The van der Waals surface area contributed by atoms with E-state index in [1.807, 2.05) is 0 Å². The highest BCUT2D eigenvalue weighted by Crippen LogP contribution is 2.33. The minimum atomic E-state index is 0.00674. The maximum atomic E-state index is 12.1. The van der Waals surface area contributed by atoms with Gasteiger partial charge in [-0.05, 0) is 18.8 Å². The van der Waals surface area contributed by atoms with Gasteiger partial charge in [-0.15, -0.1) is 0 Å². The van der Waals surface area contributed by atoms with Crippen LogP contribution in [-0.4, -0.2) is 35.2 Å². The van der Waals surface area contributed by atoms with Gasteiger partial charge >= 0.3 is 0 Å². The lowest BCUT2D eigenvalue weighted by Gasteiger charge is -2.24. The summed E-state index contributed by atoms with van der Waals surface area (Å²) in [6, 6.07) is 0.401. The Kier molecular flexibility index (Phi) is 2.43. The third-order valence-electron chi connectivity index (χ3n) is 4.21. The predicted molar refractivity (Wildman–Crippen MR) is 66.1 cm³/mol. The molecule has 2 aliphatic heterocycles. The Labute approximate surface area is 100 Å². The topological polar surface area (TPSA) is 50.2 Å². The van der Waals surface area contributed by atoms with Crippen molar-refractivity contribution in [2.24, 2.45) is 18.9 Å². The quantitative estimate of drug-likeness (QED) is 0.732. The molecule has 0 bridgehead atoms. The molecule has 1 N–H and O–H groups in total. The van der Waals surface area contributed by atoms with E-state index in [9.17, 15) is 4.79 Å². The standard InChI is InChI=1S/C12H18N4O/c1-8-10-6-13-5-9(10)7-16(8)11-12(17)15(2)4-3-14-11/h3-4,8-10,13H,5-7H2,1-2H3. The molecule has 17 heavy (non-hydrogen) atoms. The van der Waals surface area contributed by atoms with Crippen LogP contribution in [0.3, 0.4) is 0 Å². The van der Waals surface area contributed by atoms with E-state index < -0.39 is 0 Å². The van der Waals surface area contributed by atoms with Crippen molar-refractivity contribution in [1.82, 2.24) is 14.9 Å². The number of nitrogens with zero attached hydrogens (tertiary/aromatic N) is 3. The van der Waals surface area contributed by atoms with E-state index >= 15 is 0 Å². The maximum absolute atomic E-state index is 12.1. The minimum absolute atomic E-state index is 0.00674. The summed E-state index contributed by atoms with van der Waals surface area (Å²) in [5.74, 6) is 1.93. The molecule has 1 aromatic rings. The fraction of sp³-hybridized carbons (Fsp3) is 0.667. The van der Waals surface area contributed by atoms with Gasteiger partial charge in [0.15, 0.2) is 5.82 Å². The van der Waals surface area contributed by atoms with Crippen molar-refractivity contribution in [2.75, 3.05) is 24.5 Å². The Morgan fingerprint density at radius 1 is 1.47 bits per heavy atom. The summed E-state index contributed by atoms with van der Waals surface area (Å²) < 4.78 is 1.60. The fourth-order valence-corrected chi connectivity index (χ4v) is 3.13. The number of fused-ring (bicyclic) bond motifs is 1. The van der Waals surface area contributed by atoms with Crippen molar-refractivity contribution in [3.8, 4) is 0 Å². The smallest absolute Gasteiger partial charge is 0.293 e. The van der Waals surface area contributed by atoms with Gasteiger partial charge in [-0.25, -0.2) is 4.98 Å². The molecule has 3 heterocycles. The SMILES string of the molecule is CC1C2CNCC2CN1c1nccn(C)c1=O. The Morgan fingerprint density at radius 2 is 2.29 bits per heavy atom. The molecule has 92 valence electrons. The van der Waals surface area contributed by atoms with Crippen LogP contribution in [0.4, 0.5) is 5.82 Å². The van der Waals surface area contributed by atoms with Gasteiger partial charge in [0.25, 0.3) is 5.56 Å². The summed E-state index contributed by atoms with van der Waals surface area (Å²) in [6.45, 7) is 5.28. The van der Waals surface area contributed by atoms with E-state index in [1.54, 1.807) is 24.0 Å². The number of aromatic nitrogens is 2. The monoisotopic (exact) mass is 234 g/mol. The molecule has 2 fully saturated rings. The van der Waals surface area contributed by atoms with Crippen molar-refractivity contribution in [3.05, 3.63) is 22.7 Å². The lowest BCUT2D eigenvalue weighted by Crippen LogP contribution is -2.38. The zero-order valence-electron chi connectivity index (χ0n) is 10.3. The Bertz CT molecular complexity index is 484. The second-order valence-electron chi connectivity index (χ2n) is 5.14. The lowest BCUT2D eigenvalue weighted by molar-refractivity contribution is 0.471. The van der Waals surface area contributed by atoms with E-state index in [0.29, 0.717) is 23.7 Å². The van der Waals surface area contributed by atoms with Crippen LogP contribution in [0.25, 0.3) is 0 Å². The largest absolute Gasteiger partial charge is 0.349 e. The number of aryl methyl sites for hydroxylation is 1. The van der Waals surface area contributed by atoms with Gasteiger partial charge in [0.05, 0.1) is 0 Å². The Hall–Kier alpha value is -1.36. The van der Waals surface area contributed by atoms with Crippen molar-refractivity contribution in [1.29, 1.82) is 0 Å². The van der Waals surface area contributed by atoms with Crippen LogP contribution in [0.2, 0.25) is 0 Å². The average Bonchev–Trinajstić information content (AvgIpc) is 2.87. The van der Waals surface area contributed by atoms with Gasteiger partial charge in [0.2, 0.25) is 0 Å². The molecule has 2 aliphatic rings. The summed E-state index contributed by atoms with van der Waals surface area (Å²) in [4.78, 5) is 18.5.